The molecule has 0 fully saturated rings. The van der Waals surface area contributed by atoms with Crippen molar-refractivity contribution in [3.8, 4) is 11.3 Å². The molecular weight excluding hydrogens is 438 g/mol. The van der Waals surface area contributed by atoms with Gasteiger partial charge in [-0.15, -0.1) is 0 Å². The lowest BCUT2D eigenvalue weighted by Crippen LogP contribution is -2.48. The van der Waals surface area contributed by atoms with E-state index in [1.165, 1.54) is 4.90 Å². The number of halogens is 1. The summed E-state index contributed by atoms with van der Waals surface area (Å²) in [6.07, 6.45) is 0.909. The zero-order chi connectivity index (χ0) is 24.3. The van der Waals surface area contributed by atoms with Gasteiger partial charge in [-0.1, -0.05) is 41.9 Å². The Kier molecular flexibility index (Phi) is 7.18. The second-order valence-electron chi connectivity index (χ2n) is 9.17. The monoisotopic (exact) mass is 467 g/mol. The Balaban J connectivity index is 1.90. The molecule has 1 heterocycles. The molecule has 0 radical (unpaired) electrons. The average molecular weight is 468 g/mol. The Morgan fingerprint density at radius 3 is 2.30 bits per heavy atom. The molecule has 0 bridgehead atoms. The first-order valence-electron chi connectivity index (χ1n) is 10.8. The normalized spacial score (nSPS) is 12.3. The van der Waals surface area contributed by atoms with Gasteiger partial charge in [0, 0.05) is 36.6 Å². The van der Waals surface area contributed by atoms with Gasteiger partial charge < -0.3 is 19.9 Å². The number of nitrogens with zero attached hydrogens (tertiary/aromatic N) is 2. The maximum Gasteiger partial charge on any atom is 0.407 e. The van der Waals surface area contributed by atoms with Crippen LogP contribution >= 0.6 is 11.6 Å². The highest BCUT2D eigenvalue weighted by molar-refractivity contribution is 6.33. The van der Waals surface area contributed by atoms with Crippen molar-refractivity contribution in [1.29, 1.82) is 0 Å². The quantitative estimate of drug-likeness (QED) is 0.456. The number of rotatable bonds is 6. The smallest absolute Gasteiger partial charge is 0.407 e. The molecule has 3 rings (SSSR count). The molecule has 0 spiro atoms. The summed E-state index contributed by atoms with van der Waals surface area (Å²) >= 11 is 6.58. The molecule has 2 amide bonds. The van der Waals surface area contributed by atoms with Crippen LogP contribution in [-0.4, -0.2) is 38.7 Å². The number of carboxylic acid groups (broad SMARTS) is 1. The van der Waals surface area contributed by atoms with Crippen LogP contribution in [0.2, 0.25) is 5.02 Å². The van der Waals surface area contributed by atoms with Crippen molar-refractivity contribution in [2.45, 2.75) is 39.2 Å². The van der Waals surface area contributed by atoms with Gasteiger partial charge in [-0.05, 0) is 63.1 Å². The maximum absolute atomic E-state index is 13.4. The van der Waals surface area contributed by atoms with Crippen LogP contribution in [0.5, 0.6) is 0 Å². The summed E-state index contributed by atoms with van der Waals surface area (Å²) in [4.78, 5) is 26.6. The summed E-state index contributed by atoms with van der Waals surface area (Å²) in [5.74, 6) is -0.981. The third kappa shape index (κ3) is 5.57. The highest BCUT2D eigenvalue weighted by atomic mass is 35.5. The van der Waals surface area contributed by atoms with Gasteiger partial charge in [0.15, 0.2) is 0 Å². The Morgan fingerprint density at radius 2 is 1.79 bits per heavy atom. The standard InChI is InChI=1S/C26H30ClN3O3/c1-17-13-14-29(5)23(17)20-12-11-19(15-22(20)27)28-24(31)21(18-9-7-6-8-10-18)16-30(25(32)33)26(2,3)4/h6-15,21H,16H2,1-5H3,(H,28,31)(H,32,33). The third-order valence-corrected chi connectivity index (χ3v) is 6.00. The minimum Gasteiger partial charge on any atom is -0.465 e. The van der Waals surface area contributed by atoms with Crippen molar-refractivity contribution < 1.29 is 14.7 Å². The highest BCUT2D eigenvalue weighted by Crippen LogP contribution is 2.33. The molecule has 0 aliphatic carbocycles. The van der Waals surface area contributed by atoms with Crippen molar-refractivity contribution in [3.05, 3.63) is 76.9 Å². The Bertz CT molecular complexity index is 1130. The fourth-order valence-corrected chi connectivity index (χ4v) is 4.19. The van der Waals surface area contributed by atoms with Gasteiger partial charge in [0.25, 0.3) is 0 Å². The van der Waals surface area contributed by atoms with E-state index in [0.29, 0.717) is 10.7 Å². The number of hydrogen-bond donors (Lipinski definition) is 2. The number of benzene rings is 2. The molecule has 6 nitrogen and oxygen atoms in total. The number of nitrogens with one attached hydrogen (secondary N) is 1. The van der Waals surface area contributed by atoms with Crippen molar-refractivity contribution in [2.75, 3.05) is 11.9 Å². The van der Waals surface area contributed by atoms with Crippen LogP contribution in [0.4, 0.5) is 10.5 Å². The van der Waals surface area contributed by atoms with Crippen LogP contribution in [0, 0.1) is 6.92 Å². The summed E-state index contributed by atoms with van der Waals surface area (Å²) in [5, 5.41) is 13.2. The Hall–Kier alpha value is -3.25. The van der Waals surface area contributed by atoms with Crippen molar-refractivity contribution in [1.82, 2.24) is 9.47 Å². The number of carbonyl (C=O) groups is 2. The minimum atomic E-state index is -1.07. The fraction of sp³-hybridized carbons (Fsp3) is 0.308. The van der Waals surface area contributed by atoms with Crippen molar-refractivity contribution in [3.63, 3.8) is 0 Å². The van der Waals surface area contributed by atoms with E-state index in [-0.39, 0.29) is 12.5 Å². The number of anilines is 1. The molecule has 174 valence electrons. The van der Waals surface area contributed by atoms with Gasteiger partial charge >= 0.3 is 6.09 Å². The number of carbonyl (C=O) groups excluding carboxylic acids is 1. The van der Waals surface area contributed by atoms with Crippen molar-refractivity contribution in [2.24, 2.45) is 7.05 Å². The first-order chi connectivity index (χ1) is 15.5. The van der Waals surface area contributed by atoms with E-state index in [1.807, 2.05) is 94.0 Å². The number of aromatic nitrogens is 1. The molecule has 3 aromatic rings. The molecule has 7 heteroatoms. The summed E-state index contributed by atoms with van der Waals surface area (Å²) in [5.41, 5.74) is 3.64. The number of hydrogen-bond acceptors (Lipinski definition) is 2. The van der Waals surface area contributed by atoms with E-state index >= 15 is 0 Å². The minimum absolute atomic E-state index is 0.0308. The van der Waals surface area contributed by atoms with E-state index in [0.717, 1.165) is 22.4 Å². The first kappa shape index (κ1) is 24.4. The van der Waals surface area contributed by atoms with Gasteiger partial charge in [-0.3, -0.25) is 4.79 Å². The maximum atomic E-state index is 13.4. The molecule has 1 unspecified atom stereocenters. The van der Waals surface area contributed by atoms with Gasteiger partial charge in [0.2, 0.25) is 5.91 Å². The van der Waals surface area contributed by atoms with E-state index < -0.39 is 17.6 Å². The van der Waals surface area contributed by atoms with Gasteiger partial charge in [0.05, 0.1) is 16.6 Å². The molecular formula is C26H30ClN3O3. The molecule has 0 saturated heterocycles. The van der Waals surface area contributed by atoms with Crippen LogP contribution in [-0.2, 0) is 11.8 Å². The lowest BCUT2D eigenvalue weighted by molar-refractivity contribution is -0.118. The predicted molar refractivity (Wildman–Crippen MR) is 133 cm³/mol. The third-order valence-electron chi connectivity index (χ3n) is 5.69. The second kappa shape index (κ2) is 9.71. The van der Waals surface area contributed by atoms with Crippen LogP contribution in [0.25, 0.3) is 11.3 Å². The highest BCUT2D eigenvalue weighted by Gasteiger charge is 2.32. The molecule has 33 heavy (non-hydrogen) atoms. The van der Waals surface area contributed by atoms with Crippen LogP contribution < -0.4 is 5.32 Å². The van der Waals surface area contributed by atoms with Gasteiger partial charge in [0.1, 0.15) is 0 Å². The van der Waals surface area contributed by atoms with E-state index in [9.17, 15) is 14.7 Å². The van der Waals surface area contributed by atoms with E-state index in [1.54, 1.807) is 6.07 Å². The summed E-state index contributed by atoms with van der Waals surface area (Å²) < 4.78 is 2.01. The van der Waals surface area contributed by atoms with Crippen LogP contribution in [0.15, 0.2) is 60.8 Å². The zero-order valence-electron chi connectivity index (χ0n) is 19.6. The van der Waals surface area contributed by atoms with Gasteiger partial charge in [-0.25, -0.2) is 4.79 Å². The van der Waals surface area contributed by atoms with Crippen molar-refractivity contribution >= 4 is 29.3 Å². The number of amides is 2. The lowest BCUT2D eigenvalue weighted by Gasteiger charge is -2.35. The SMILES string of the molecule is Cc1ccn(C)c1-c1ccc(NC(=O)C(CN(C(=O)O)C(C)(C)C)c2ccccc2)cc1Cl. The topological polar surface area (TPSA) is 74.6 Å². The number of aryl methyl sites for hydroxylation is 2. The molecule has 0 aliphatic rings. The fourth-order valence-electron chi connectivity index (χ4n) is 3.92. The predicted octanol–water partition coefficient (Wildman–Crippen LogP) is 6.15. The molecule has 1 atom stereocenters. The molecule has 1 aromatic heterocycles. The molecule has 2 aromatic carbocycles. The van der Waals surface area contributed by atoms with Crippen LogP contribution in [0.3, 0.4) is 0 Å². The zero-order valence-corrected chi connectivity index (χ0v) is 20.3. The van der Waals surface area contributed by atoms with E-state index in [2.05, 4.69) is 5.32 Å². The molecule has 2 N–H and O–H groups in total. The summed E-state index contributed by atoms with van der Waals surface area (Å²) in [7, 11) is 1.96. The summed E-state index contributed by atoms with van der Waals surface area (Å²) in [6.45, 7) is 7.49. The second-order valence-corrected chi connectivity index (χ2v) is 9.58. The summed E-state index contributed by atoms with van der Waals surface area (Å²) in [6, 6.07) is 16.7. The average Bonchev–Trinajstić information content (AvgIpc) is 3.06. The Morgan fingerprint density at radius 1 is 1.12 bits per heavy atom. The van der Waals surface area contributed by atoms with E-state index in [4.69, 9.17) is 11.6 Å². The lowest BCUT2D eigenvalue weighted by atomic mass is 9.95. The molecule has 0 saturated carbocycles. The first-order valence-corrected chi connectivity index (χ1v) is 11.1. The van der Waals surface area contributed by atoms with Gasteiger partial charge in [-0.2, -0.15) is 0 Å². The largest absolute Gasteiger partial charge is 0.465 e. The van der Waals surface area contributed by atoms with Crippen LogP contribution in [0.1, 0.15) is 37.8 Å². The molecule has 0 aliphatic heterocycles. The Labute approximate surface area is 199 Å².